The van der Waals surface area contributed by atoms with Crippen molar-refractivity contribution in [1.82, 2.24) is 0 Å². The minimum atomic E-state index is -1.02. The molecule has 0 unspecified atom stereocenters. The van der Waals surface area contributed by atoms with Crippen molar-refractivity contribution in [1.29, 1.82) is 5.41 Å². The Labute approximate surface area is 105 Å². The minimum absolute atomic E-state index is 0.112. The summed E-state index contributed by atoms with van der Waals surface area (Å²) in [5.41, 5.74) is 2.37. The Morgan fingerprint density at radius 3 is 2.35 bits per heavy atom. The zero-order chi connectivity index (χ0) is 12.4. The molecule has 0 fully saturated rings. The summed E-state index contributed by atoms with van der Waals surface area (Å²) < 4.78 is 1.27. The number of carbonyl (C=O) groups is 1. The third kappa shape index (κ3) is 2.54. The molecule has 0 saturated heterocycles. The predicted octanol–water partition coefficient (Wildman–Crippen LogP) is 1.90. The Kier molecular flexibility index (Phi) is 3.27. The fraction of sp³-hybridized carbons (Fsp3) is 0.0769. The van der Waals surface area contributed by atoms with E-state index in [1.165, 1.54) is 11.6 Å². The van der Waals surface area contributed by atoms with Crippen LogP contribution in [0.5, 0.6) is 0 Å². The normalized spacial score (nSPS) is 10.2. The summed E-state index contributed by atoms with van der Waals surface area (Å²) in [6, 6.07) is 11.4. The van der Waals surface area contributed by atoms with Crippen molar-refractivity contribution in [2.24, 2.45) is 0 Å². The first-order valence-corrected chi connectivity index (χ1v) is 6.78. The molecular weight excluding hydrogens is 281 g/mol. The monoisotopic (exact) mass is 293 g/mol. The molecule has 0 aliphatic heterocycles. The van der Waals surface area contributed by atoms with Gasteiger partial charge in [-0.3, -0.25) is 0 Å². The average molecular weight is 292 g/mol. The molecule has 0 bridgehead atoms. The van der Waals surface area contributed by atoms with Crippen LogP contribution in [0.4, 0.5) is 0 Å². The summed E-state index contributed by atoms with van der Waals surface area (Å²) in [4.78, 5) is 10.8. The maximum atomic E-state index is 10.8. The number of aryl methyl sites for hydroxylation is 1. The summed E-state index contributed by atoms with van der Waals surface area (Å²) in [5.74, 6) is -1.02. The van der Waals surface area contributed by atoms with E-state index in [9.17, 15) is 4.79 Å². The van der Waals surface area contributed by atoms with E-state index in [2.05, 4.69) is 0 Å². The quantitative estimate of drug-likeness (QED) is 0.830. The molecule has 2 N–H and O–H groups in total. The average Bonchev–Trinajstić information content (AvgIpc) is 2.29. The van der Waals surface area contributed by atoms with Crippen molar-refractivity contribution in [2.75, 3.05) is 0 Å². The summed E-state index contributed by atoms with van der Waals surface area (Å²) in [6.07, 6.45) is 0. The number of hydrogen-bond donors (Lipinski definition) is 2. The Morgan fingerprint density at radius 1 is 1.18 bits per heavy atom. The standard InChI is InChI=1S/C13H11NO2Se/c1-8-2-4-9(5-3-8)11-7-6-10(13(15)16)12(14)17-11/h2-7,14H,1H3,(H,15,16). The van der Waals surface area contributed by atoms with Gasteiger partial charge in [-0.05, 0) is 0 Å². The maximum absolute atomic E-state index is 10.8. The molecule has 1 heterocycles. The number of carboxylic acids is 1. The molecule has 86 valence electrons. The zero-order valence-electron chi connectivity index (χ0n) is 9.23. The number of aromatic carboxylic acids is 1. The molecule has 0 atom stereocenters. The van der Waals surface area contributed by atoms with E-state index in [-0.39, 0.29) is 24.3 Å². The summed E-state index contributed by atoms with van der Waals surface area (Å²) in [7, 11) is 0. The summed E-state index contributed by atoms with van der Waals surface area (Å²) >= 11 is -0.224. The first-order chi connectivity index (χ1) is 8.08. The summed E-state index contributed by atoms with van der Waals surface area (Å²) in [5, 5.41) is 16.6. The number of nitrogens with one attached hydrogen (secondary N) is 1. The molecular formula is C13H11NO2Se. The van der Waals surface area contributed by atoms with Gasteiger partial charge in [0.1, 0.15) is 0 Å². The first kappa shape index (κ1) is 11.8. The van der Waals surface area contributed by atoms with Gasteiger partial charge >= 0.3 is 104 Å². The molecule has 0 radical (unpaired) electrons. The van der Waals surface area contributed by atoms with Gasteiger partial charge in [-0.2, -0.15) is 0 Å². The number of benzene rings is 1. The van der Waals surface area contributed by atoms with E-state index >= 15 is 0 Å². The first-order valence-electron chi connectivity index (χ1n) is 5.07. The van der Waals surface area contributed by atoms with E-state index < -0.39 is 5.97 Å². The van der Waals surface area contributed by atoms with Crippen LogP contribution in [0.2, 0.25) is 0 Å². The van der Waals surface area contributed by atoms with Crippen LogP contribution in [-0.2, 0) is 0 Å². The van der Waals surface area contributed by atoms with Crippen molar-refractivity contribution in [2.45, 2.75) is 6.92 Å². The van der Waals surface area contributed by atoms with Gasteiger partial charge in [0.15, 0.2) is 0 Å². The van der Waals surface area contributed by atoms with Crippen LogP contribution >= 0.6 is 0 Å². The molecule has 2 rings (SSSR count). The third-order valence-corrected chi connectivity index (χ3v) is 4.56. The fourth-order valence-electron chi connectivity index (χ4n) is 1.48. The molecule has 1 aromatic heterocycles. The van der Waals surface area contributed by atoms with Gasteiger partial charge in [-0.1, -0.05) is 0 Å². The molecule has 1 aromatic carbocycles. The van der Waals surface area contributed by atoms with Crippen LogP contribution in [0.3, 0.4) is 0 Å². The fourth-order valence-corrected chi connectivity index (χ4v) is 3.31. The molecule has 0 aliphatic carbocycles. The Balaban J connectivity index is 2.48. The third-order valence-electron chi connectivity index (χ3n) is 2.42. The van der Waals surface area contributed by atoms with Gasteiger partial charge < -0.3 is 0 Å². The van der Waals surface area contributed by atoms with Crippen molar-refractivity contribution in [3.63, 3.8) is 0 Å². The van der Waals surface area contributed by atoms with Gasteiger partial charge in [0, 0.05) is 0 Å². The molecule has 0 saturated carbocycles. The van der Waals surface area contributed by atoms with Crippen molar-refractivity contribution >= 4 is 20.5 Å². The van der Waals surface area contributed by atoms with Crippen LogP contribution in [-0.4, -0.2) is 25.6 Å². The second-order valence-electron chi connectivity index (χ2n) is 3.71. The number of hydrogen-bond acceptors (Lipinski definition) is 2. The molecule has 0 spiro atoms. The van der Waals surface area contributed by atoms with Gasteiger partial charge in [0.2, 0.25) is 0 Å². The van der Waals surface area contributed by atoms with E-state index in [1.807, 2.05) is 37.3 Å². The van der Waals surface area contributed by atoms with Crippen molar-refractivity contribution in [3.8, 4) is 10.0 Å². The Bertz CT molecular complexity index is 614. The molecule has 17 heavy (non-hydrogen) atoms. The summed E-state index contributed by atoms with van der Waals surface area (Å²) in [6.45, 7) is 2.02. The van der Waals surface area contributed by atoms with Crippen LogP contribution < -0.4 is 4.23 Å². The van der Waals surface area contributed by atoms with Gasteiger partial charge in [-0.15, -0.1) is 0 Å². The van der Waals surface area contributed by atoms with Crippen LogP contribution in [0, 0.1) is 12.3 Å². The van der Waals surface area contributed by atoms with Crippen LogP contribution in [0.25, 0.3) is 10.0 Å². The molecule has 4 heteroatoms. The second kappa shape index (κ2) is 4.70. The predicted molar refractivity (Wildman–Crippen MR) is 66.4 cm³/mol. The second-order valence-corrected chi connectivity index (χ2v) is 5.92. The van der Waals surface area contributed by atoms with Gasteiger partial charge in [0.05, 0.1) is 0 Å². The van der Waals surface area contributed by atoms with Gasteiger partial charge in [-0.25, -0.2) is 0 Å². The van der Waals surface area contributed by atoms with E-state index in [4.69, 9.17) is 10.5 Å². The van der Waals surface area contributed by atoms with Gasteiger partial charge in [0.25, 0.3) is 0 Å². The molecule has 2 aromatic rings. The van der Waals surface area contributed by atoms with Crippen molar-refractivity contribution in [3.05, 3.63) is 51.8 Å². The molecule has 0 aliphatic rings. The zero-order valence-corrected chi connectivity index (χ0v) is 10.9. The topological polar surface area (TPSA) is 61.1 Å². The van der Waals surface area contributed by atoms with Crippen LogP contribution in [0.1, 0.15) is 15.9 Å². The van der Waals surface area contributed by atoms with Crippen LogP contribution in [0.15, 0.2) is 36.4 Å². The molecule has 0 amide bonds. The SMILES string of the molecule is Cc1ccc(-c2ccc(C(=O)O)c(=N)[se]2)cc1. The molecule has 3 nitrogen and oxygen atoms in total. The van der Waals surface area contributed by atoms with E-state index in [0.29, 0.717) is 0 Å². The number of rotatable bonds is 2. The van der Waals surface area contributed by atoms with E-state index in [0.717, 1.165) is 10.0 Å². The Morgan fingerprint density at radius 2 is 1.82 bits per heavy atom. The van der Waals surface area contributed by atoms with E-state index in [1.54, 1.807) is 0 Å². The van der Waals surface area contributed by atoms with Crippen molar-refractivity contribution < 1.29 is 9.90 Å². The Hall–Kier alpha value is -1.64. The number of carboxylic acid groups (broad SMARTS) is 1.